The van der Waals surface area contributed by atoms with Crippen molar-refractivity contribution in [2.45, 2.75) is 52.5 Å². The fourth-order valence-corrected chi connectivity index (χ4v) is 4.42. The molecular weight excluding hydrogens is 346 g/mol. The van der Waals surface area contributed by atoms with Gasteiger partial charge in [-0.2, -0.15) is 0 Å². The van der Waals surface area contributed by atoms with Gasteiger partial charge in [0.1, 0.15) is 0 Å². The molecule has 136 valence electrons. The molecule has 0 bridgehead atoms. The second kappa shape index (κ2) is 6.50. The summed E-state index contributed by atoms with van der Waals surface area (Å²) in [6, 6.07) is 6.46. The van der Waals surface area contributed by atoms with Crippen molar-refractivity contribution in [2.24, 2.45) is 5.92 Å². The molecule has 26 heavy (non-hydrogen) atoms. The largest absolute Gasteiger partial charge is 0.309 e. The molecule has 1 aromatic heterocycles. The Morgan fingerprint density at radius 2 is 2.12 bits per heavy atom. The number of carbonyl (C=O) groups excluding carboxylic acids is 2. The van der Waals surface area contributed by atoms with E-state index in [1.165, 1.54) is 16.9 Å². The first-order valence-corrected chi connectivity index (χ1v) is 10.0. The zero-order valence-electron chi connectivity index (χ0n) is 15.3. The third-order valence-electron chi connectivity index (χ3n) is 5.10. The zero-order valence-corrected chi connectivity index (χ0v) is 16.2. The molecule has 0 unspecified atom stereocenters. The van der Waals surface area contributed by atoms with Gasteiger partial charge in [-0.1, -0.05) is 13.0 Å². The molecule has 6 heteroatoms. The molecule has 0 radical (unpaired) electrons. The number of thiazole rings is 1. The number of benzene rings is 1. The maximum atomic E-state index is 12.6. The lowest BCUT2D eigenvalue weighted by Gasteiger charge is -2.22. The van der Waals surface area contributed by atoms with Gasteiger partial charge in [0.15, 0.2) is 5.13 Å². The van der Waals surface area contributed by atoms with Gasteiger partial charge >= 0.3 is 0 Å². The molecule has 2 heterocycles. The van der Waals surface area contributed by atoms with Crippen molar-refractivity contribution in [2.75, 3.05) is 10.2 Å². The molecule has 1 aliphatic heterocycles. The lowest BCUT2D eigenvalue weighted by atomic mass is 10.0. The standard InChI is InChI=1S/C20H23N3O2S/c1-4-17(24)21-20-22-18(12(3)26-20)14-7-8-16-15(10-14)9-11(2)23(16)19(25)13-5-6-13/h7-8,10-11,13H,4-6,9H2,1-3H3,(H,21,22,24)/t11-/m0/s1. The molecule has 5 nitrogen and oxygen atoms in total. The van der Waals surface area contributed by atoms with Crippen molar-refractivity contribution in [1.29, 1.82) is 0 Å². The van der Waals surface area contributed by atoms with Crippen LogP contribution in [0.2, 0.25) is 0 Å². The van der Waals surface area contributed by atoms with Crippen LogP contribution in [-0.4, -0.2) is 22.8 Å². The summed E-state index contributed by atoms with van der Waals surface area (Å²) in [5.74, 6) is 0.481. The molecule has 2 amide bonds. The monoisotopic (exact) mass is 369 g/mol. The SMILES string of the molecule is CCC(=O)Nc1nc(-c2ccc3c(c2)C[C@H](C)N3C(=O)C2CC2)c(C)s1. The number of aromatic nitrogens is 1. The Kier molecular flexibility index (Phi) is 4.31. The zero-order chi connectivity index (χ0) is 18.4. The molecule has 0 spiro atoms. The van der Waals surface area contributed by atoms with Crippen molar-refractivity contribution < 1.29 is 9.59 Å². The molecule has 2 aromatic rings. The number of anilines is 2. The number of hydrogen-bond acceptors (Lipinski definition) is 4. The summed E-state index contributed by atoms with van der Waals surface area (Å²) in [5, 5.41) is 3.48. The van der Waals surface area contributed by atoms with Gasteiger partial charge in [0.05, 0.1) is 5.69 Å². The Hall–Kier alpha value is -2.21. The first-order valence-electron chi connectivity index (χ1n) is 9.21. The molecule has 1 fully saturated rings. The van der Waals surface area contributed by atoms with Crippen LogP contribution in [0, 0.1) is 12.8 Å². The average Bonchev–Trinajstić information content (AvgIpc) is 3.32. The van der Waals surface area contributed by atoms with Crippen LogP contribution in [0.25, 0.3) is 11.3 Å². The predicted molar refractivity (Wildman–Crippen MR) is 105 cm³/mol. The molecule has 1 atom stereocenters. The Labute approximate surface area is 157 Å². The summed E-state index contributed by atoms with van der Waals surface area (Å²) in [7, 11) is 0. The Balaban J connectivity index is 1.63. The fraction of sp³-hybridized carbons (Fsp3) is 0.450. The number of fused-ring (bicyclic) bond motifs is 1. The second-order valence-electron chi connectivity index (χ2n) is 7.20. The number of nitrogens with zero attached hydrogens (tertiary/aromatic N) is 2. The Bertz CT molecular complexity index is 885. The summed E-state index contributed by atoms with van der Waals surface area (Å²) in [5.41, 5.74) is 4.20. The second-order valence-corrected chi connectivity index (χ2v) is 8.41. The highest BCUT2D eigenvalue weighted by atomic mass is 32.1. The molecular formula is C20H23N3O2S. The van der Waals surface area contributed by atoms with E-state index in [2.05, 4.69) is 29.4 Å². The number of rotatable bonds is 4. The number of aryl methyl sites for hydroxylation is 1. The van der Waals surface area contributed by atoms with E-state index < -0.39 is 0 Å². The average molecular weight is 369 g/mol. The van der Waals surface area contributed by atoms with Crippen LogP contribution in [0.5, 0.6) is 0 Å². The summed E-state index contributed by atoms with van der Waals surface area (Å²) < 4.78 is 0. The Morgan fingerprint density at radius 1 is 1.35 bits per heavy atom. The molecule has 4 rings (SSSR count). The summed E-state index contributed by atoms with van der Waals surface area (Å²) >= 11 is 1.50. The highest BCUT2D eigenvalue weighted by molar-refractivity contribution is 7.16. The van der Waals surface area contributed by atoms with E-state index in [1.807, 2.05) is 24.8 Å². The van der Waals surface area contributed by atoms with E-state index in [9.17, 15) is 9.59 Å². The molecule has 1 aliphatic carbocycles. The molecule has 1 N–H and O–H groups in total. The smallest absolute Gasteiger partial charge is 0.230 e. The molecule has 1 saturated carbocycles. The summed E-state index contributed by atoms with van der Waals surface area (Å²) in [4.78, 5) is 31.9. The van der Waals surface area contributed by atoms with Gasteiger partial charge < -0.3 is 10.2 Å². The minimum atomic E-state index is -0.0256. The number of nitrogens with one attached hydrogen (secondary N) is 1. The van der Waals surface area contributed by atoms with Gasteiger partial charge in [0.25, 0.3) is 0 Å². The third kappa shape index (κ3) is 3.03. The predicted octanol–water partition coefficient (Wildman–Crippen LogP) is 4.15. The maximum absolute atomic E-state index is 12.6. The molecule has 0 saturated heterocycles. The fourth-order valence-electron chi connectivity index (χ4n) is 3.57. The topological polar surface area (TPSA) is 62.3 Å². The first kappa shape index (κ1) is 17.2. The summed E-state index contributed by atoms with van der Waals surface area (Å²) in [6.45, 7) is 5.97. The minimum absolute atomic E-state index is 0.0256. The maximum Gasteiger partial charge on any atom is 0.230 e. The van der Waals surface area contributed by atoms with Gasteiger partial charge in [0.2, 0.25) is 11.8 Å². The van der Waals surface area contributed by atoms with E-state index in [0.29, 0.717) is 11.6 Å². The highest BCUT2D eigenvalue weighted by Gasteiger charge is 2.39. The number of hydrogen-bond donors (Lipinski definition) is 1. The van der Waals surface area contributed by atoms with E-state index in [-0.39, 0.29) is 23.8 Å². The quantitative estimate of drug-likeness (QED) is 0.880. The van der Waals surface area contributed by atoms with Gasteiger partial charge in [-0.05, 0) is 50.8 Å². The van der Waals surface area contributed by atoms with Crippen molar-refractivity contribution >= 4 is 34.0 Å². The molecule has 2 aliphatic rings. The third-order valence-corrected chi connectivity index (χ3v) is 5.98. The van der Waals surface area contributed by atoms with Crippen molar-refractivity contribution in [3.8, 4) is 11.3 Å². The van der Waals surface area contributed by atoms with Crippen molar-refractivity contribution in [3.05, 3.63) is 28.6 Å². The van der Waals surface area contributed by atoms with Crippen LogP contribution in [0.15, 0.2) is 18.2 Å². The first-order chi connectivity index (χ1) is 12.5. The summed E-state index contributed by atoms with van der Waals surface area (Å²) in [6.07, 6.45) is 3.37. The van der Waals surface area contributed by atoms with Gasteiger partial charge in [-0.15, -0.1) is 11.3 Å². The van der Waals surface area contributed by atoms with Gasteiger partial charge in [-0.25, -0.2) is 4.98 Å². The molecule has 1 aromatic carbocycles. The normalized spacial score (nSPS) is 18.7. The van der Waals surface area contributed by atoms with Gasteiger partial charge in [-0.3, -0.25) is 9.59 Å². The van der Waals surface area contributed by atoms with Crippen molar-refractivity contribution in [3.63, 3.8) is 0 Å². The van der Waals surface area contributed by atoms with E-state index in [0.717, 1.165) is 41.1 Å². The van der Waals surface area contributed by atoms with E-state index in [4.69, 9.17) is 0 Å². The lowest BCUT2D eigenvalue weighted by Crippen LogP contribution is -2.36. The van der Waals surface area contributed by atoms with Crippen LogP contribution in [0.3, 0.4) is 0 Å². The van der Waals surface area contributed by atoms with E-state index in [1.54, 1.807) is 0 Å². The van der Waals surface area contributed by atoms with Crippen LogP contribution >= 0.6 is 11.3 Å². The van der Waals surface area contributed by atoms with Gasteiger partial charge in [0, 0.05) is 34.5 Å². The van der Waals surface area contributed by atoms with Crippen LogP contribution in [0.1, 0.15) is 43.6 Å². The van der Waals surface area contributed by atoms with Crippen LogP contribution < -0.4 is 10.2 Å². The Morgan fingerprint density at radius 3 is 2.81 bits per heavy atom. The number of carbonyl (C=O) groups is 2. The number of amides is 2. The van der Waals surface area contributed by atoms with Crippen LogP contribution in [-0.2, 0) is 16.0 Å². The minimum Gasteiger partial charge on any atom is -0.309 e. The highest BCUT2D eigenvalue weighted by Crippen LogP contribution is 2.41. The van der Waals surface area contributed by atoms with Crippen LogP contribution in [0.4, 0.5) is 10.8 Å². The lowest BCUT2D eigenvalue weighted by molar-refractivity contribution is -0.120. The van der Waals surface area contributed by atoms with E-state index >= 15 is 0 Å². The van der Waals surface area contributed by atoms with Crippen molar-refractivity contribution in [1.82, 2.24) is 4.98 Å².